The van der Waals surface area contributed by atoms with Gasteiger partial charge in [0.25, 0.3) is 0 Å². The van der Waals surface area contributed by atoms with Gasteiger partial charge in [0, 0.05) is 77.0 Å². The van der Waals surface area contributed by atoms with E-state index in [4.69, 9.17) is 10.5 Å². The van der Waals surface area contributed by atoms with Crippen molar-refractivity contribution < 1.29 is 77.0 Å². The molecule has 0 aromatic heterocycles. The van der Waals surface area contributed by atoms with Crippen molar-refractivity contribution in [1.29, 1.82) is 10.5 Å². The van der Waals surface area contributed by atoms with Crippen LogP contribution >= 0.6 is 0 Å². The minimum absolute atomic E-state index is 0. The van der Waals surface area contributed by atoms with Crippen molar-refractivity contribution in [3.8, 4) is 12.1 Å². The van der Waals surface area contributed by atoms with Gasteiger partial charge in [0.2, 0.25) is 0 Å². The molecule has 0 rings (SSSR count). The third kappa shape index (κ3) is 72.2. The van der Waals surface area contributed by atoms with Crippen LogP contribution in [0.5, 0.6) is 0 Å². The Hall–Kier alpha value is 2.78. The molecule has 0 saturated heterocycles. The van der Waals surface area contributed by atoms with Crippen LogP contribution in [0.3, 0.4) is 0 Å². The topological polar surface area (TPSA) is 47.6 Å². The van der Waals surface area contributed by atoms with Gasteiger partial charge in [-0.15, -0.1) is 0 Å². The minimum atomic E-state index is 0. The Morgan fingerprint density at radius 3 is 1.10 bits per heavy atom. The summed E-state index contributed by atoms with van der Waals surface area (Å²) in [4.78, 5) is 0. The summed E-state index contributed by atoms with van der Waals surface area (Å²) in [6.07, 6.45) is 0. The quantitative estimate of drug-likeness (QED) is 0.282. The average molecular weight is 723 g/mol. The molecule has 0 spiro atoms. The van der Waals surface area contributed by atoms with Gasteiger partial charge in [-0.25, -0.2) is 0 Å². The van der Waals surface area contributed by atoms with Crippen LogP contribution in [0.1, 0.15) is 0 Å². The Morgan fingerprint density at radius 1 is 1.00 bits per heavy atom. The van der Waals surface area contributed by atoms with E-state index in [1.54, 1.807) is 0 Å². The molecule has 10 heavy (non-hydrogen) atoms. The van der Waals surface area contributed by atoms with Crippen molar-refractivity contribution in [2.45, 2.75) is 0 Å². The molecule has 0 aromatic carbocycles. The molecule has 0 aliphatic carbocycles. The zero-order chi connectivity index (χ0) is 3.41. The first kappa shape index (κ1) is 53.1. The number of nitrogens with zero attached hydrogens (tertiary/aromatic N) is 2. The molecule has 0 fully saturated rings. The van der Waals surface area contributed by atoms with Crippen LogP contribution in [-0.4, -0.2) is 45.3 Å². The number of nitriles is 2. The van der Waals surface area contributed by atoms with Crippen molar-refractivity contribution >= 4 is 45.3 Å². The summed E-state index contributed by atoms with van der Waals surface area (Å²) < 4.78 is 0. The SMILES string of the molecule is N#CC#N.[AsH3].[Cd].[Cr].[F].[Hg].[PbH2]. The number of hydrogen-bond donors (Lipinski definition) is 0. The Balaban J connectivity index is -0.00000000300. The molecule has 0 heterocycles. The third-order valence-electron chi connectivity index (χ3n) is 0.0500. The molecule has 0 saturated carbocycles. The predicted octanol–water partition coefficient (Wildman–Crippen LogP) is -1.65. The van der Waals surface area contributed by atoms with E-state index in [-0.39, 0.29) is 122 Å². The molecule has 49 valence electrons. The van der Waals surface area contributed by atoms with Gasteiger partial charge in [0.05, 0.1) is 0 Å². The molecular weight excluding hydrogens is 718 g/mol. The molecule has 1 unspecified atom stereocenters. The maximum atomic E-state index is 7.26. The Labute approximate surface area is 142 Å². The van der Waals surface area contributed by atoms with Crippen molar-refractivity contribution in [3.05, 3.63) is 0 Å². The summed E-state index contributed by atoms with van der Waals surface area (Å²) in [5.74, 6) is 0. The zero-order valence-corrected chi connectivity index (χ0v) is 24.8. The van der Waals surface area contributed by atoms with Crippen LogP contribution in [0.25, 0.3) is 0 Å². The van der Waals surface area contributed by atoms with Gasteiger partial charge in [0.1, 0.15) is 0 Å². The fourth-order valence-electron chi connectivity index (χ4n) is 0. The Kier molecular flexibility index (Phi) is 318. The first-order valence-corrected chi connectivity index (χ1v) is 0.697. The standard InChI is InChI=1S/C2N2.AsH3.Cd.Cr.F.Hg.Pb.2H/c3-1-2-4;;;;;;;;/h;1H3;;;;;;;. The van der Waals surface area contributed by atoms with E-state index in [0.29, 0.717) is 0 Å². The molecule has 0 amide bonds. The van der Waals surface area contributed by atoms with E-state index in [1.807, 2.05) is 0 Å². The number of hydrogen-bond acceptors (Lipinski definition) is 2. The second-order valence-electron chi connectivity index (χ2n) is 0.224. The first-order chi connectivity index (χ1) is 1.91. The van der Waals surface area contributed by atoms with Gasteiger partial charge in [-0.05, 0) is 0 Å². The summed E-state index contributed by atoms with van der Waals surface area (Å²) in [7, 11) is 0. The van der Waals surface area contributed by atoms with E-state index in [0.717, 1.165) is 0 Å². The van der Waals surface area contributed by atoms with Crippen LogP contribution in [0.4, 0.5) is 4.70 Å². The van der Waals surface area contributed by atoms with E-state index < -0.39 is 0 Å². The Morgan fingerprint density at radius 2 is 1.10 bits per heavy atom. The molecular formula is C2H5AsCdCrFHgN2Pb. The van der Waals surface area contributed by atoms with Crippen LogP contribution in [0.15, 0.2) is 0 Å². The second kappa shape index (κ2) is 59.9. The summed E-state index contributed by atoms with van der Waals surface area (Å²) >= 11 is 0. The molecule has 0 N–H and O–H groups in total. The summed E-state index contributed by atoms with van der Waals surface area (Å²) in [5.41, 5.74) is 0. The van der Waals surface area contributed by atoms with E-state index in [1.165, 1.54) is 12.1 Å². The fourth-order valence-corrected chi connectivity index (χ4v) is 0. The second-order valence-corrected chi connectivity index (χ2v) is 0.224. The van der Waals surface area contributed by atoms with Crippen molar-refractivity contribution in [2.24, 2.45) is 0 Å². The first-order valence-electron chi connectivity index (χ1n) is 0.697. The predicted molar refractivity (Wildman–Crippen MR) is 30.8 cm³/mol. The zero-order valence-electron chi connectivity index (χ0n) is 5.51. The van der Waals surface area contributed by atoms with Crippen molar-refractivity contribution in [2.75, 3.05) is 0 Å². The molecule has 8 heteroatoms. The third-order valence-corrected chi connectivity index (χ3v) is 0.0500. The van der Waals surface area contributed by atoms with E-state index in [9.17, 15) is 0 Å². The molecule has 0 aliphatic rings. The molecule has 0 bridgehead atoms. The van der Waals surface area contributed by atoms with Gasteiger partial charge in [-0.1, -0.05) is 0 Å². The van der Waals surface area contributed by atoms with Crippen LogP contribution < -0.4 is 0 Å². The summed E-state index contributed by atoms with van der Waals surface area (Å²) in [6.45, 7) is 0. The number of halogens is 1. The summed E-state index contributed by atoms with van der Waals surface area (Å²) in [6, 6.07) is 2.47. The Bertz CT molecular complexity index is 84.2. The monoisotopic (exact) mass is 727 g/mol. The van der Waals surface area contributed by atoms with Crippen LogP contribution in [-0.2, 0) is 72.3 Å². The maximum absolute atomic E-state index is 7.26. The molecule has 0 aromatic rings. The van der Waals surface area contributed by atoms with Gasteiger partial charge < -0.3 is 0 Å². The van der Waals surface area contributed by atoms with E-state index >= 15 is 0 Å². The molecule has 0 aliphatic heterocycles. The van der Waals surface area contributed by atoms with E-state index in [2.05, 4.69) is 0 Å². The molecule has 3 radical (unpaired) electrons. The van der Waals surface area contributed by atoms with Crippen LogP contribution in [0.2, 0.25) is 0 Å². The van der Waals surface area contributed by atoms with Gasteiger partial charge >= 0.3 is 45.3 Å². The average Bonchev–Trinajstić information content (AvgIpc) is 1.37. The van der Waals surface area contributed by atoms with Crippen molar-refractivity contribution in [3.63, 3.8) is 0 Å². The van der Waals surface area contributed by atoms with Gasteiger partial charge in [0.15, 0.2) is 12.1 Å². The van der Waals surface area contributed by atoms with Crippen LogP contribution in [0, 0.1) is 22.7 Å². The molecule has 2 nitrogen and oxygen atoms in total. The fraction of sp³-hybridized carbons (Fsp3) is 0. The van der Waals surface area contributed by atoms with Gasteiger partial charge in [-0.2, -0.15) is 10.5 Å². The molecule has 1 atom stereocenters. The van der Waals surface area contributed by atoms with Gasteiger partial charge in [-0.3, -0.25) is 0 Å². The number of rotatable bonds is 0. The summed E-state index contributed by atoms with van der Waals surface area (Å²) in [5, 5.41) is 14.5. The normalized spacial score (nSPS) is 1.00. The van der Waals surface area contributed by atoms with Crippen molar-refractivity contribution in [1.82, 2.24) is 0 Å².